The van der Waals surface area contributed by atoms with Crippen molar-refractivity contribution in [1.82, 2.24) is 0 Å². The van der Waals surface area contributed by atoms with Crippen LogP contribution in [0.4, 0.5) is 5.88 Å². The molecule has 1 saturated carbocycles. The molecule has 0 saturated heterocycles. The number of carbonyl (C=O) groups excluding carboxylic acids is 1. The van der Waals surface area contributed by atoms with Crippen molar-refractivity contribution in [2.45, 2.75) is 38.2 Å². The summed E-state index contributed by atoms with van der Waals surface area (Å²) in [6.45, 7) is 0. The number of rotatable bonds is 4. The van der Waals surface area contributed by atoms with Crippen LogP contribution in [0.5, 0.6) is 0 Å². The van der Waals surface area contributed by atoms with Gasteiger partial charge in [0, 0.05) is 6.08 Å². The van der Waals surface area contributed by atoms with E-state index in [0.717, 1.165) is 25.7 Å². The predicted molar refractivity (Wildman–Crippen MR) is 67.4 cm³/mol. The van der Waals surface area contributed by atoms with Gasteiger partial charge >= 0.3 is 11.9 Å². The Balaban J connectivity index is 1.86. The van der Waals surface area contributed by atoms with Gasteiger partial charge in [-0.3, -0.25) is 10.1 Å². The molecule has 6 heteroatoms. The summed E-state index contributed by atoms with van der Waals surface area (Å²) in [4.78, 5) is 21.3. The fraction of sp³-hybridized carbons (Fsp3) is 0.462. The maximum atomic E-state index is 11.5. The highest BCUT2D eigenvalue weighted by Gasteiger charge is 2.16. The molecule has 0 spiro atoms. The van der Waals surface area contributed by atoms with Gasteiger partial charge in [-0.05, 0) is 37.8 Å². The minimum atomic E-state index is -0.627. The van der Waals surface area contributed by atoms with Crippen LogP contribution in [0.15, 0.2) is 22.6 Å². The van der Waals surface area contributed by atoms with Crippen LogP contribution in [0.1, 0.15) is 37.9 Å². The Labute approximate surface area is 110 Å². The molecule has 1 aromatic heterocycles. The Morgan fingerprint density at radius 1 is 1.37 bits per heavy atom. The maximum Gasteiger partial charge on any atom is 0.433 e. The third kappa shape index (κ3) is 3.94. The van der Waals surface area contributed by atoms with Crippen molar-refractivity contribution < 1.29 is 18.9 Å². The Hall–Kier alpha value is -2.11. The summed E-state index contributed by atoms with van der Waals surface area (Å²) in [5.74, 6) is -0.529. The van der Waals surface area contributed by atoms with Gasteiger partial charge in [0.15, 0.2) is 0 Å². The molecular formula is C13H15NO5. The molecule has 0 amide bonds. The van der Waals surface area contributed by atoms with Gasteiger partial charge in [0.1, 0.15) is 16.8 Å². The fourth-order valence-corrected chi connectivity index (χ4v) is 2.07. The number of furan rings is 1. The van der Waals surface area contributed by atoms with Crippen LogP contribution in [0.25, 0.3) is 6.08 Å². The first-order valence-electron chi connectivity index (χ1n) is 6.28. The minimum Gasteiger partial charge on any atom is -0.459 e. The largest absolute Gasteiger partial charge is 0.459 e. The van der Waals surface area contributed by atoms with E-state index in [9.17, 15) is 14.9 Å². The van der Waals surface area contributed by atoms with E-state index < -0.39 is 10.9 Å². The molecule has 6 nitrogen and oxygen atoms in total. The summed E-state index contributed by atoms with van der Waals surface area (Å²) in [5.41, 5.74) is 0. The van der Waals surface area contributed by atoms with Crippen molar-refractivity contribution in [1.29, 1.82) is 0 Å². The number of nitrogens with zero attached hydrogens (tertiary/aromatic N) is 1. The van der Waals surface area contributed by atoms with Crippen LogP contribution < -0.4 is 0 Å². The molecule has 0 atom stereocenters. The Morgan fingerprint density at radius 2 is 2.11 bits per heavy atom. The van der Waals surface area contributed by atoms with Gasteiger partial charge in [-0.15, -0.1) is 0 Å². The second-order valence-corrected chi connectivity index (χ2v) is 4.46. The molecular weight excluding hydrogens is 250 g/mol. The molecule has 0 aliphatic heterocycles. The molecule has 1 heterocycles. The first-order valence-corrected chi connectivity index (χ1v) is 6.28. The Bertz CT molecular complexity index is 485. The molecule has 2 rings (SSSR count). The van der Waals surface area contributed by atoms with Crippen LogP contribution in [0.2, 0.25) is 0 Å². The smallest absolute Gasteiger partial charge is 0.433 e. The lowest BCUT2D eigenvalue weighted by Gasteiger charge is -2.20. The maximum absolute atomic E-state index is 11.5. The number of carbonyl (C=O) groups is 1. The summed E-state index contributed by atoms with van der Waals surface area (Å²) in [5, 5.41) is 10.4. The Morgan fingerprint density at radius 3 is 2.74 bits per heavy atom. The van der Waals surface area contributed by atoms with E-state index >= 15 is 0 Å². The fourth-order valence-electron chi connectivity index (χ4n) is 2.07. The van der Waals surface area contributed by atoms with E-state index in [1.165, 1.54) is 30.7 Å². The highest BCUT2D eigenvalue weighted by Crippen LogP contribution is 2.21. The lowest BCUT2D eigenvalue weighted by atomic mass is 9.98. The van der Waals surface area contributed by atoms with E-state index in [2.05, 4.69) is 0 Å². The zero-order valence-corrected chi connectivity index (χ0v) is 10.4. The average Bonchev–Trinajstić information content (AvgIpc) is 2.86. The number of esters is 1. The van der Waals surface area contributed by atoms with Gasteiger partial charge < -0.3 is 9.15 Å². The molecule has 1 aromatic rings. The number of nitro groups is 1. The third-order valence-electron chi connectivity index (χ3n) is 3.01. The van der Waals surface area contributed by atoms with Crippen molar-refractivity contribution >= 4 is 17.9 Å². The van der Waals surface area contributed by atoms with Gasteiger partial charge in [-0.25, -0.2) is 4.79 Å². The standard InChI is InChI=1S/C13H15NO5/c15-13(19-10-4-2-1-3-5-10)9-7-11-6-8-12(18-11)14(16)17/h6-10H,1-5H2/b9-7+. The molecule has 0 radical (unpaired) electrons. The van der Waals surface area contributed by atoms with Crippen LogP contribution in [-0.2, 0) is 9.53 Å². The molecule has 0 N–H and O–H groups in total. The average molecular weight is 265 g/mol. The van der Waals surface area contributed by atoms with E-state index in [1.54, 1.807) is 0 Å². The minimum absolute atomic E-state index is 0.00293. The van der Waals surface area contributed by atoms with E-state index in [4.69, 9.17) is 9.15 Å². The second-order valence-electron chi connectivity index (χ2n) is 4.46. The Kier molecular flexibility index (Phi) is 4.33. The van der Waals surface area contributed by atoms with Gasteiger partial charge in [0.05, 0.1) is 6.07 Å². The molecule has 0 aromatic carbocycles. The number of ether oxygens (including phenoxy) is 1. The van der Waals surface area contributed by atoms with Crippen molar-refractivity contribution in [2.24, 2.45) is 0 Å². The second kappa shape index (κ2) is 6.17. The normalized spacial score (nSPS) is 16.6. The predicted octanol–water partition coefficient (Wildman–Crippen LogP) is 3.08. The lowest BCUT2D eigenvalue weighted by Crippen LogP contribution is -2.19. The summed E-state index contributed by atoms with van der Waals surface area (Å²) in [6.07, 6.45) is 7.79. The molecule has 19 heavy (non-hydrogen) atoms. The van der Waals surface area contributed by atoms with Crippen LogP contribution in [0.3, 0.4) is 0 Å². The quantitative estimate of drug-likeness (QED) is 0.361. The SMILES string of the molecule is O=C(/C=C/c1ccc([N+](=O)[O-])o1)OC1CCCCC1. The monoisotopic (exact) mass is 265 g/mol. The highest BCUT2D eigenvalue weighted by atomic mass is 16.6. The zero-order chi connectivity index (χ0) is 13.7. The van der Waals surface area contributed by atoms with Crippen LogP contribution in [0, 0.1) is 10.1 Å². The van der Waals surface area contributed by atoms with E-state index in [1.807, 2.05) is 0 Å². The molecule has 0 bridgehead atoms. The zero-order valence-electron chi connectivity index (χ0n) is 10.4. The molecule has 1 aliphatic rings. The van der Waals surface area contributed by atoms with Gasteiger partial charge in [-0.1, -0.05) is 6.42 Å². The summed E-state index contributed by atoms with van der Waals surface area (Å²) < 4.78 is 10.2. The van der Waals surface area contributed by atoms with Crippen molar-refractivity contribution in [3.8, 4) is 0 Å². The summed E-state index contributed by atoms with van der Waals surface area (Å²) >= 11 is 0. The highest BCUT2D eigenvalue weighted by molar-refractivity contribution is 5.86. The van der Waals surface area contributed by atoms with Crippen molar-refractivity contribution in [3.63, 3.8) is 0 Å². The van der Waals surface area contributed by atoms with Gasteiger partial charge in [0.25, 0.3) is 0 Å². The van der Waals surface area contributed by atoms with Gasteiger partial charge in [0.2, 0.25) is 0 Å². The van der Waals surface area contributed by atoms with E-state index in [-0.39, 0.29) is 17.7 Å². The van der Waals surface area contributed by atoms with Gasteiger partial charge in [-0.2, -0.15) is 0 Å². The van der Waals surface area contributed by atoms with Crippen LogP contribution >= 0.6 is 0 Å². The number of hydrogen-bond donors (Lipinski definition) is 0. The molecule has 1 aliphatic carbocycles. The topological polar surface area (TPSA) is 82.6 Å². The molecule has 0 unspecified atom stereocenters. The van der Waals surface area contributed by atoms with Crippen LogP contribution in [-0.4, -0.2) is 17.0 Å². The first-order chi connectivity index (χ1) is 9.15. The number of hydrogen-bond acceptors (Lipinski definition) is 5. The molecule has 102 valence electrons. The van der Waals surface area contributed by atoms with Crippen molar-refractivity contribution in [3.05, 3.63) is 34.1 Å². The summed E-state index contributed by atoms with van der Waals surface area (Å²) in [7, 11) is 0. The summed E-state index contributed by atoms with van der Waals surface area (Å²) in [6, 6.07) is 2.68. The lowest BCUT2D eigenvalue weighted by molar-refractivity contribution is -0.402. The van der Waals surface area contributed by atoms with E-state index in [0.29, 0.717) is 0 Å². The first kappa shape index (κ1) is 13.3. The van der Waals surface area contributed by atoms with Crippen molar-refractivity contribution in [2.75, 3.05) is 0 Å². The molecule has 1 fully saturated rings. The third-order valence-corrected chi connectivity index (χ3v) is 3.01.